The molecule has 0 amide bonds. The van der Waals surface area contributed by atoms with E-state index >= 15 is 0 Å². The van der Waals surface area contributed by atoms with Gasteiger partial charge < -0.3 is 5.73 Å². The minimum absolute atomic E-state index is 0.678. The van der Waals surface area contributed by atoms with E-state index in [1.807, 2.05) is 16.9 Å². The molecule has 102 valence electrons. The van der Waals surface area contributed by atoms with Crippen molar-refractivity contribution in [2.24, 2.45) is 5.73 Å². The summed E-state index contributed by atoms with van der Waals surface area (Å²) < 4.78 is 2.90. The number of rotatable bonds is 4. The van der Waals surface area contributed by atoms with E-state index in [9.17, 15) is 0 Å². The molecule has 2 aromatic carbocycles. The van der Waals surface area contributed by atoms with Gasteiger partial charge in [-0.1, -0.05) is 33.3 Å². The Morgan fingerprint density at radius 2 is 1.90 bits per heavy atom. The highest BCUT2D eigenvalue weighted by molar-refractivity contribution is 9.10. The van der Waals surface area contributed by atoms with E-state index in [-0.39, 0.29) is 0 Å². The van der Waals surface area contributed by atoms with E-state index < -0.39 is 0 Å². The average molecular weight is 331 g/mol. The van der Waals surface area contributed by atoms with Crippen LogP contribution in [0, 0.1) is 0 Å². The highest BCUT2D eigenvalue weighted by Crippen LogP contribution is 2.22. The summed E-state index contributed by atoms with van der Waals surface area (Å²) in [5.74, 6) is 0. The van der Waals surface area contributed by atoms with Crippen molar-refractivity contribution in [3.05, 3.63) is 52.8 Å². The maximum atomic E-state index is 5.51. The molecule has 3 rings (SSSR count). The molecular formula is C15H15BrN4. The minimum atomic E-state index is 0.678. The fourth-order valence-corrected chi connectivity index (χ4v) is 2.55. The predicted molar refractivity (Wildman–Crippen MR) is 83.9 cm³/mol. The van der Waals surface area contributed by atoms with Crippen LogP contribution < -0.4 is 5.73 Å². The van der Waals surface area contributed by atoms with Crippen LogP contribution in [0.25, 0.3) is 16.5 Å². The molecule has 0 fully saturated rings. The topological polar surface area (TPSA) is 56.7 Å². The zero-order chi connectivity index (χ0) is 13.9. The monoisotopic (exact) mass is 330 g/mol. The second kappa shape index (κ2) is 5.73. The standard InChI is InChI=1S/C15H15BrN4/c16-13-5-3-12-9-15(6-4-11(12)8-13)20-10-14(18-19-20)2-1-7-17/h3-6,8-10H,1-2,7,17H2. The van der Waals surface area contributed by atoms with Gasteiger partial charge in [-0.2, -0.15) is 0 Å². The van der Waals surface area contributed by atoms with E-state index in [4.69, 9.17) is 5.73 Å². The zero-order valence-corrected chi connectivity index (χ0v) is 12.5. The molecule has 0 unspecified atom stereocenters. The molecule has 5 heteroatoms. The summed E-state index contributed by atoms with van der Waals surface area (Å²) in [6.45, 7) is 0.678. The minimum Gasteiger partial charge on any atom is -0.330 e. The number of nitrogens with zero attached hydrogens (tertiary/aromatic N) is 3. The van der Waals surface area contributed by atoms with Crippen LogP contribution in [0.5, 0.6) is 0 Å². The number of aromatic nitrogens is 3. The number of halogens is 1. The van der Waals surface area contributed by atoms with Crippen molar-refractivity contribution in [3.8, 4) is 5.69 Å². The van der Waals surface area contributed by atoms with Gasteiger partial charge in [0.2, 0.25) is 0 Å². The van der Waals surface area contributed by atoms with Gasteiger partial charge in [-0.25, -0.2) is 4.68 Å². The molecule has 0 aliphatic rings. The van der Waals surface area contributed by atoms with Crippen LogP contribution in [0.15, 0.2) is 47.1 Å². The SMILES string of the molecule is NCCCc1cn(-c2ccc3cc(Br)ccc3c2)nn1. The lowest BCUT2D eigenvalue weighted by atomic mass is 10.1. The van der Waals surface area contributed by atoms with Gasteiger partial charge in [0.25, 0.3) is 0 Å². The quantitative estimate of drug-likeness (QED) is 0.799. The lowest BCUT2D eigenvalue weighted by molar-refractivity contribution is 0.779. The zero-order valence-electron chi connectivity index (χ0n) is 11.0. The van der Waals surface area contributed by atoms with Gasteiger partial charge in [0, 0.05) is 4.47 Å². The first kappa shape index (κ1) is 13.3. The summed E-state index contributed by atoms with van der Waals surface area (Å²) in [5, 5.41) is 10.7. The van der Waals surface area contributed by atoms with Crippen molar-refractivity contribution >= 4 is 26.7 Å². The van der Waals surface area contributed by atoms with Crippen LogP contribution in [0.4, 0.5) is 0 Å². The number of benzene rings is 2. The van der Waals surface area contributed by atoms with Gasteiger partial charge in [0.15, 0.2) is 0 Å². The Bertz CT molecular complexity index is 736. The fourth-order valence-electron chi connectivity index (χ4n) is 2.17. The third-order valence-electron chi connectivity index (χ3n) is 3.23. The summed E-state index contributed by atoms with van der Waals surface area (Å²) in [6, 6.07) is 12.5. The lowest BCUT2D eigenvalue weighted by Gasteiger charge is -2.03. The number of aryl methyl sites for hydroxylation is 1. The van der Waals surface area contributed by atoms with Crippen LogP contribution >= 0.6 is 15.9 Å². The Hall–Kier alpha value is -1.72. The van der Waals surface area contributed by atoms with Gasteiger partial charge in [0.05, 0.1) is 17.6 Å². The van der Waals surface area contributed by atoms with Crippen molar-refractivity contribution < 1.29 is 0 Å². The van der Waals surface area contributed by atoms with Crippen molar-refractivity contribution in [3.63, 3.8) is 0 Å². The van der Waals surface area contributed by atoms with Gasteiger partial charge in [-0.3, -0.25) is 0 Å². The Morgan fingerprint density at radius 1 is 1.10 bits per heavy atom. The summed E-state index contributed by atoms with van der Waals surface area (Å²) in [5.41, 5.74) is 7.51. The summed E-state index contributed by atoms with van der Waals surface area (Å²) in [6.07, 6.45) is 3.77. The number of fused-ring (bicyclic) bond motifs is 1. The first-order chi connectivity index (χ1) is 9.76. The van der Waals surface area contributed by atoms with Crippen molar-refractivity contribution in [1.82, 2.24) is 15.0 Å². The van der Waals surface area contributed by atoms with Crippen LogP contribution in [-0.4, -0.2) is 21.5 Å². The molecule has 0 bridgehead atoms. The van der Waals surface area contributed by atoms with Crippen molar-refractivity contribution in [2.45, 2.75) is 12.8 Å². The van der Waals surface area contributed by atoms with Gasteiger partial charge in [-0.05, 0) is 54.4 Å². The van der Waals surface area contributed by atoms with E-state index in [0.717, 1.165) is 28.7 Å². The summed E-state index contributed by atoms with van der Waals surface area (Å²) >= 11 is 3.49. The average Bonchev–Trinajstić information content (AvgIpc) is 2.93. The maximum Gasteiger partial charge on any atom is 0.0832 e. The largest absolute Gasteiger partial charge is 0.330 e. The van der Waals surface area contributed by atoms with E-state index in [1.54, 1.807) is 0 Å². The lowest BCUT2D eigenvalue weighted by Crippen LogP contribution is -2.00. The van der Waals surface area contributed by atoms with Gasteiger partial charge in [-0.15, -0.1) is 5.10 Å². The molecule has 2 N–H and O–H groups in total. The predicted octanol–water partition coefficient (Wildman–Crippen LogP) is 3.07. The molecule has 0 saturated heterocycles. The molecule has 0 radical (unpaired) electrons. The molecule has 0 saturated carbocycles. The highest BCUT2D eigenvalue weighted by Gasteiger charge is 2.04. The first-order valence-corrected chi connectivity index (χ1v) is 7.36. The van der Waals surface area contributed by atoms with E-state index in [2.05, 4.69) is 56.6 Å². The molecule has 20 heavy (non-hydrogen) atoms. The van der Waals surface area contributed by atoms with Crippen molar-refractivity contribution in [2.75, 3.05) is 6.54 Å². The van der Waals surface area contributed by atoms with Gasteiger partial charge >= 0.3 is 0 Å². The second-order valence-electron chi connectivity index (χ2n) is 4.72. The van der Waals surface area contributed by atoms with E-state index in [1.165, 1.54) is 10.8 Å². The Morgan fingerprint density at radius 3 is 2.75 bits per heavy atom. The van der Waals surface area contributed by atoms with Gasteiger partial charge in [0.1, 0.15) is 0 Å². The maximum absolute atomic E-state index is 5.51. The number of hydrogen-bond acceptors (Lipinski definition) is 3. The molecule has 0 aliphatic carbocycles. The van der Waals surface area contributed by atoms with Crippen LogP contribution in [0.2, 0.25) is 0 Å². The third-order valence-corrected chi connectivity index (χ3v) is 3.72. The van der Waals surface area contributed by atoms with Crippen molar-refractivity contribution in [1.29, 1.82) is 0 Å². The smallest absolute Gasteiger partial charge is 0.0832 e. The van der Waals surface area contributed by atoms with Crippen LogP contribution in [-0.2, 0) is 6.42 Å². The summed E-state index contributed by atoms with van der Waals surface area (Å²) in [7, 11) is 0. The molecule has 0 aliphatic heterocycles. The molecular weight excluding hydrogens is 316 g/mol. The molecule has 1 aromatic heterocycles. The Balaban J connectivity index is 1.93. The number of nitrogens with two attached hydrogens (primary N) is 1. The summed E-state index contributed by atoms with van der Waals surface area (Å²) in [4.78, 5) is 0. The first-order valence-electron chi connectivity index (χ1n) is 6.57. The highest BCUT2D eigenvalue weighted by atomic mass is 79.9. The Kier molecular flexibility index (Phi) is 3.80. The van der Waals surface area contributed by atoms with E-state index in [0.29, 0.717) is 6.54 Å². The molecule has 0 spiro atoms. The normalized spacial score (nSPS) is 11.1. The third kappa shape index (κ3) is 2.73. The fraction of sp³-hybridized carbons (Fsp3) is 0.200. The molecule has 4 nitrogen and oxygen atoms in total. The Labute approximate surface area is 125 Å². The van der Waals surface area contributed by atoms with Crippen LogP contribution in [0.3, 0.4) is 0 Å². The molecule has 3 aromatic rings. The number of hydrogen-bond donors (Lipinski definition) is 1. The molecule has 0 atom stereocenters. The second-order valence-corrected chi connectivity index (χ2v) is 5.64. The molecule has 1 heterocycles. The van der Waals surface area contributed by atoms with Crippen LogP contribution in [0.1, 0.15) is 12.1 Å².